The molecule has 78 valence electrons. The number of likely N-dealkylation sites (N-methyl/N-ethyl adjacent to an activating group) is 2. The molecule has 2 saturated heterocycles. The minimum Gasteiger partial charge on any atom is -0.303 e. The van der Waals surface area contributed by atoms with Crippen molar-refractivity contribution in [1.82, 2.24) is 9.80 Å². The van der Waals surface area contributed by atoms with Crippen LogP contribution in [0, 0.1) is 0 Å². The first-order valence-electron chi connectivity index (χ1n) is 5.75. The summed E-state index contributed by atoms with van der Waals surface area (Å²) in [5.74, 6) is 0. The standard InChI is InChI=1S/C9H18N2.C2H6/c1-3-11-8-4-5-9(11)7-10(2)6-8;1-2/h8-9H,3-7H2,1-2H3;1-2H3. The van der Waals surface area contributed by atoms with Gasteiger partial charge in [0.1, 0.15) is 0 Å². The van der Waals surface area contributed by atoms with Gasteiger partial charge in [-0.05, 0) is 26.4 Å². The van der Waals surface area contributed by atoms with E-state index >= 15 is 0 Å². The molecule has 0 N–H and O–H groups in total. The van der Waals surface area contributed by atoms with Crippen molar-refractivity contribution in [3.8, 4) is 0 Å². The van der Waals surface area contributed by atoms with E-state index in [0.717, 1.165) is 12.1 Å². The molecule has 2 heteroatoms. The lowest BCUT2D eigenvalue weighted by molar-refractivity contribution is 0.0878. The first kappa shape index (κ1) is 11.0. The molecule has 0 amide bonds. The highest BCUT2D eigenvalue weighted by Gasteiger charge is 2.37. The van der Waals surface area contributed by atoms with Crippen LogP contribution in [0.3, 0.4) is 0 Å². The Kier molecular flexibility index (Phi) is 4.20. The zero-order valence-electron chi connectivity index (χ0n) is 9.58. The van der Waals surface area contributed by atoms with E-state index in [1.54, 1.807) is 0 Å². The third kappa shape index (κ3) is 2.23. The van der Waals surface area contributed by atoms with Gasteiger partial charge in [-0.2, -0.15) is 0 Å². The monoisotopic (exact) mass is 184 g/mol. The molecule has 2 aliphatic heterocycles. The Labute approximate surface area is 82.9 Å². The van der Waals surface area contributed by atoms with Gasteiger partial charge in [-0.1, -0.05) is 20.8 Å². The Balaban J connectivity index is 0.000000396. The summed E-state index contributed by atoms with van der Waals surface area (Å²) in [6.07, 6.45) is 2.87. The van der Waals surface area contributed by atoms with Gasteiger partial charge in [0.25, 0.3) is 0 Å². The molecule has 0 saturated carbocycles. The number of piperazine rings is 1. The zero-order valence-corrected chi connectivity index (χ0v) is 9.58. The van der Waals surface area contributed by atoms with Crippen molar-refractivity contribution in [3.63, 3.8) is 0 Å². The highest BCUT2D eigenvalue weighted by Crippen LogP contribution is 2.28. The molecule has 2 rings (SSSR count). The topological polar surface area (TPSA) is 6.48 Å². The van der Waals surface area contributed by atoms with Crippen LogP contribution < -0.4 is 0 Å². The van der Waals surface area contributed by atoms with Crippen molar-refractivity contribution in [2.45, 2.75) is 45.7 Å². The maximum Gasteiger partial charge on any atom is 0.0227 e. The Morgan fingerprint density at radius 2 is 1.54 bits per heavy atom. The molecule has 0 radical (unpaired) electrons. The summed E-state index contributed by atoms with van der Waals surface area (Å²) in [7, 11) is 2.25. The molecule has 2 aliphatic rings. The molecular formula is C11H24N2. The van der Waals surface area contributed by atoms with Crippen LogP contribution in [0.15, 0.2) is 0 Å². The predicted octanol–water partition coefficient (Wildman–Crippen LogP) is 1.81. The van der Waals surface area contributed by atoms with Gasteiger partial charge in [-0.3, -0.25) is 4.90 Å². The lowest BCUT2D eigenvalue weighted by Crippen LogP contribution is -2.51. The van der Waals surface area contributed by atoms with Crippen LogP contribution in [0.4, 0.5) is 0 Å². The van der Waals surface area contributed by atoms with Gasteiger partial charge in [-0.25, -0.2) is 0 Å². The van der Waals surface area contributed by atoms with Gasteiger partial charge in [0.05, 0.1) is 0 Å². The second-order valence-electron chi connectivity index (χ2n) is 3.94. The van der Waals surface area contributed by atoms with Gasteiger partial charge < -0.3 is 4.90 Å². The van der Waals surface area contributed by atoms with Gasteiger partial charge >= 0.3 is 0 Å². The quantitative estimate of drug-likeness (QED) is 0.613. The summed E-state index contributed by atoms with van der Waals surface area (Å²) in [6.45, 7) is 10.1. The molecule has 13 heavy (non-hydrogen) atoms. The van der Waals surface area contributed by atoms with Crippen molar-refractivity contribution < 1.29 is 0 Å². The summed E-state index contributed by atoms with van der Waals surface area (Å²) in [5.41, 5.74) is 0. The summed E-state index contributed by atoms with van der Waals surface area (Å²) < 4.78 is 0. The number of fused-ring (bicyclic) bond motifs is 2. The predicted molar refractivity (Wildman–Crippen MR) is 58.0 cm³/mol. The smallest absolute Gasteiger partial charge is 0.0227 e. The second-order valence-corrected chi connectivity index (χ2v) is 3.94. The number of nitrogens with zero attached hydrogens (tertiary/aromatic N) is 2. The Bertz CT molecular complexity index is 133. The van der Waals surface area contributed by atoms with Crippen molar-refractivity contribution in [2.24, 2.45) is 0 Å². The van der Waals surface area contributed by atoms with Crippen LogP contribution in [0.25, 0.3) is 0 Å². The van der Waals surface area contributed by atoms with Crippen LogP contribution in [0.1, 0.15) is 33.6 Å². The molecular weight excluding hydrogens is 160 g/mol. The van der Waals surface area contributed by atoms with Gasteiger partial charge in [-0.15, -0.1) is 0 Å². The molecule has 2 nitrogen and oxygen atoms in total. The summed E-state index contributed by atoms with van der Waals surface area (Å²) >= 11 is 0. The largest absolute Gasteiger partial charge is 0.303 e. The number of likely N-dealkylation sites (tertiary alicyclic amines) is 1. The highest BCUT2D eigenvalue weighted by atomic mass is 15.3. The van der Waals surface area contributed by atoms with E-state index in [9.17, 15) is 0 Å². The van der Waals surface area contributed by atoms with Crippen molar-refractivity contribution in [2.75, 3.05) is 26.7 Å². The van der Waals surface area contributed by atoms with E-state index in [0.29, 0.717) is 0 Å². The van der Waals surface area contributed by atoms with Gasteiger partial charge in [0, 0.05) is 25.2 Å². The van der Waals surface area contributed by atoms with Crippen LogP contribution in [-0.2, 0) is 0 Å². The summed E-state index contributed by atoms with van der Waals surface area (Å²) in [4.78, 5) is 5.16. The molecule has 2 atom stereocenters. The van der Waals surface area contributed by atoms with Gasteiger partial charge in [0.15, 0.2) is 0 Å². The number of rotatable bonds is 1. The lowest BCUT2D eigenvalue weighted by Gasteiger charge is -2.38. The average molecular weight is 184 g/mol. The fourth-order valence-electron chi connectivity index (χ4n) is 2.72. The highest BCUT2D eigenvalue weighted by molar-refractivity contribution is 4.94. The minimum atomic E-state index is 0.878. The van der Waals surface area contributed by atoms with E-state index in [4.69, 9.17) is 0 Å². The van der Waals surface area contributed by atoms with E-state index in [1.165, 1.54) is 32.5 Å². The maximum absolute atomic E-state index is 2.68. The molecule has 2 bridgehead atoms. The zero-order chi connectivity index (χ0) is 9.84. The van der Waals surface area contributed by atoms with Gasteiger partial charge in [0.2, 0.25) is 0 Å². The Morgan fingerprint density at radius 1 is 1.08 bits per heavy atom. The molecule has 0 aromatic heterocycles. The maximum atomic E-state index is 2.68. The van der Waals surface area contributed by atoms with Crippen LogP contribution in [0.5, 0.6) is 0 Å². The van der Waals surface area contributed by atoms with Crippen molar-refractivity contribution in [3.05, 3.63) is 0 Å². The molecule has 2 heterocycles. The van der Waals surface area contributed by atoms with Crippen LogP contribution in [-0.4, -0.2) is 48.6 Å². The van der Waals surface area contributed by atoms with Crippen LogP contribution >= 0.6 is 0 Å². The minimum absolute atomic E-state index is 0.878. The molecule has 0 spiro atoms. The number of hydrogen-bond donors (Lipinski definition) is 0. The first-order chi connectivity index (χ1) is 6.31. The van der Waals surface area contributed by atoms with E-state index in [-0.39, 0.29) is 0 Å². The third-order valence-electron chi connectivity index (χ3n) is 3.18. The summed E-state index contributed by atoms with van der Waals surface area (Å²) in [5, 5.41) is 0. The van der Waals surface area contributed by atoms with Crippen molar-refractivity contribution >= 4 is 0 Å². The SMILES string of the molecule is CC.CCN1C2CCC1CN(C)C2. The number of hydrogen-bond acceptors (Lipinski definition) is 2. The lowest BCUT2D eigenvalue weighted by atomic mass is 10.2. The molecule has 2 fully saturated rings. The summed E-state index contributed by atoms with van der Waals surface area (Å²) in [6, 6.07) is 1.76. The molecule has 2 unspecified atom stereocenters. The third-order valence-corrected chi connectivity index (χ3v) is 3.18. The van der Waals surface area contributed by atoms with E-state index < -0.39 is 0 Å². The Morgan fingerprint density at radius 3 is 1.92 bits per heavy atom. The first-order valence-corrected chi connectivity index (χ1v) is 5.75. The fourth-order valence-corrected chi connectivity index (χ4v) is 2.72. The van der Waals surface area contributed by atoms with E-state index in [2.05, 4.69) is 23.8 Å². The molecule has 0 aromatic carbocycles. The second kappa shape index (κ2) is 4.97. The molecule has 0 aromatic rings. The normalized spacial score (nSPS) is 34.2. The van der Waals surface area contributed by atoms with Crippen LogP contribution in [0.2, 0.25) is 0 Å². The average Bonchev–Trinajstić information content (AvgIpc) is 2.41. The molecule has 0 aliphatic carbocycles. The Hall–Kier alpha value is -0.0800. The fraction of sp³-hybridized carbons (Fsp3) is 1.00. The van der Waals surface area contributed by atoms with Crippen molar-refractivity contribution in [1.29, 1.82) is 0 Å². The van der Waals surface area contributed by atoms with E-state index in [1.807, 2.05) is 13.8 Å².